The molecule has 0 spiro atoms. The Bertz CT molecular complexity index is 524. The van der Waals surface area contributed by atoms with Crippen LogP contribution in [-0.4, -0.2) is 24.6 Å². The van der Waals surface area contributed by atoms with Crippen molar-refractivity contribution in [3.8, 4) is 0 Å². The molecule has 104 valence electrons. The molecule has 0 atom stereocenters. The molecule has 1 rings (SSSR count). The molecular weight excluding hydrogens is 246 g/mol. The third kappa shape index (κ3) is 2.59. The molecule has 0 saturated carbocycles. The summed E-state index contributed by atoms with van der Waals surface area (Å²) in [6.45, 7) is 6.57. The normalized spacial score (nSPS) is 17.1. The van der Waals surface area contributed by atoms with Gasteiger partial charge in [0, 0.05) is 22.1 Å². The molecule has 0 aromatic heterocycles. The molecule has 0 saturated heterocycles. The predicted octanol–water partition coefficient (Wildman–Crippen LogP) is 1.28. The summed E-state index contributed by atoms with van der Waals surface area (Å²) in [6.07, 6.45) is 0.0154. The Labute approximate surface area is 112 Å². The van der Waals surface area contributed by atoms with Gasteiger partial charge in [0.15, 0.2) is 5.78 Å². The quantitative estimate of drug-likeness (QED) is 0.613. The topological polar surface area (TPSA) is 86.5 Å². The van der Waals surface area contributed by atoms with Gasteiger partial charge in [-0.15, -0.1) is 0 Å². The van der Waals surface area contributed by atoms with Gasteiger partial charge in [0.2, 0.25) is 5.78 Å². The van der Waals surface area contributed by atoms with Crippen molar-refractivity contribution in [3.05, 3.63) is 22.4 Å². The maximum Gasteiger partial charge on any atom is 0.306 e. The van der Waals surface area contributed by atoms with Gasteiger partial charge in [0.05, 0.1) is 19.2 Å². The van der Waals surface area contributed by atoms with Gasteiger partial charge < -0.3 is 10.5 Å². The minimum absolute atomic E-state index is 0.0154. The van der Waals surface area contributed by atoms with E-state index in [2.05, 4.69) is 4.74 Å². The number of Topliss-reactive ketones (excluding diaryl/α,β-unsaturated/α-hetero) is 2. The van der Waals surface area contributed by atoms with E-state index in [-0.39, 0.29) is 29.3 Å². The SMILES string of the molecule is COC(=O)CC(C)(C)C1=C(C)C(=O)C(C)=C(N)C1=O. The highest BCUT2D eigenvalue weighted by molar-refractivity contribution is 6.25. The lowest BCUT2D eigenvalue weighted by atomic mass is 9.72. The number of rotatable bonds is 3. The van der Waals surface area contributed by atoms with Gasteiger partial charge >= 0.3 is 5.97 Å². The van der Waals surface area contributed by atoms with Crippen LogP contribution in [0.3, 0.4) is 0 Å². The molecule has 0 radical (unpaired) electrons. The van der Waals surface area contributed by atoms with E-state index in [1.54, 1.807) is 20.8 Å². The fourth-order valence-corrected chi connectivity index (χ4v) is 2.33. The average molecular weight is 265 g/mol. The molecule has 0 amide bonds. The molecule has 1 aliphatic carbocycles. The monoisotopic (exact) mass is 265 g/mol. The first-order chi connectivity index (χ1) is 8.63. The molecule has 0 aromatic carbocycles. The van der Waals surface area contributed by atoms with Crippen LogP contribution >= 0.6 is 0 Å². The molecule has 5 nitrogen and oxygen atoms in total. The van der Waals surface area contributed by atoms with Gasteiger partial charge in [0.1, 0.15) is 0 Å². The Hall–Kier alpha value is -1.91. The first kappa shape index (κ1) is 15.1. The van der Waals surface area contributed by atoms with E-state index in [1.165, 1.54) is 14.0 Å². The van der Waals surface area contributed by atoms with Gasteiger partial charge in [-0.1, -0.05) is 13.8 Å². The van der Waals surface area contributed by atoms with Crippen LogP contribution in [0.5, 0.6) is 0 Å². The predicted molar refractivity (Wildman–Crippen MR) is 70.0 cm³/mol. The number of hydrogen-bond acceptors (Lipinski definition) is 5. The van der Waals surface area contributed by atoms with Crippen LogP contribution in [0.15, 0.2) is 22.4 Å². The molecule has 1 aliphatic rings. The number of nitrogens with two attached hydrogens (primary N) is 1. The molecule has 19 heavy (non-hydrogen) atoms. The van der Waals surface area contributed by atoms with Crippen molar-refractivity contribution < 1.29 is 19.1 Å². The Kier molecular flexibility index (Phi) is 3.98. The van der Waals surface area contributed by atoms with Crippen LogP contribution in [0.1, 0.15) is 34.1 Å². The van der Waals surface area contributed by atoms with E-state index < -0.39 is 11.4 Å². The molecule has 0 bridgehead atoms. The molecule has 0 heterocycles. The number of ether oxygens (including phenoxy) is 1. The van der Waals surface area contributed by atoms with Gasteiger partial charge in [-0.05, 0) is 13.8 Å². The van der Waals surface area contributed by atoms with Crippen molar-refractivity contribution >= 4 is 17.5 Å². The Morgan fingerprint density at radius 3 is 2.16 bits per heavy atom. The Balaban J connectivity index is 3.29. The van der Waals surface area contributed by atoms with Crippen molar-refractivity contribution in [3.63, 3.8) is 0 Å². The molecule has 0 aromatic rings. The standard InChI is InChI=1S/C14H19NO4/c1-7-10(14(3,4)6-9(16)19-5)13(18)11(15)8(2)12(7)17/h6,15H2,1-5H3. The molecule has 5 heteroatoms. The van der Waals surface area contributed by atoms with Crippen LogP contribution in [0.4, 0.5) is 0 Å². The second-order valence-electron chi connectivity index (χ2n) is 5.33. The molecule has 0 aliphatic heterocycles. The van der Waals surface area contributed by atoms with Gasteiger partial charge in [0.25, 0.3) is 0 Å². The van der Waals surface area contributed by atoms with E-state index in [0.717, 1.165) is 0 Å². The van der Waals surface area contributed by atoms with E-state index in [4.69, 9.17) is 5.73 Å². The Morgan fingerprint density at radius 1 is 1.16 bits per heavy atom. The minimum atomic E-state index is -0.796. The number of esters is 1. The summed E-state index contributed by atoms with van der Waals surface area (Å²) in [5.74, 6) is -1.05. The number of allylic oxidation sites excluding steroid dienone is 3. The zero-order valence-corrected chi connectivity index (χ0v) is 11.9. The lowest BCUT2D eigenvalue weighted by molar-refractivity contribution is -0.142. The van der Waals surface area contributed by atoms with E-state index >= 15 is 0 Å². The van der Waals surface area contributed by atoms with Gasteiger partial charge in [-0.25, -0.2) is 0 Å². The van der Waals surface area contributed by atoms with Crippen molar-refractivity contribution in [2.24, 2.45) is 11.1 Å². The lowest BCUT2D eigenvalue weighted by Crippen LogP contribution is -2.34. The Morgan fingerprint density at radius 2 is 1.68 bits per heavy atom. The fraction of sp³-hybridized carbons (Fsp3) is 0.500. The first-order valence-corrected chi connectivity index (χ1v) is 5.97. The third-order valence-corrected chi connectivity index (χ3v) is 3.42. The molecule has 0 unspecified atom stereocenters. The summed E-state index contributed by atoms with van der Waals surface area (Å²) in [4.78, 5) is 35.7. The van der Waals surface area contributed by atoms with Gasteiger partial charge in [-0.3, -0.25) is 14.4 Å². The summed E-state index contributed by atoms with van der Waals surface area (Å²) in [7, 11) is 1.28. The molecule has 0 fully saturated rings. The van der Waals surface area contributed by atoms with Crippen LogP contribution in [0.25, 0.3) is 0 Å². The molecule has 2 N–H and O–H groups in total. The second kappa shape index (κ2) is 4.99. The highest BCUT2D eigenvalue weighted by Gasteiger charge is 2.39. The van der Waals surface area contributed by atoms with Crippen LogP contribution in [0.2, 0.25) is 0 Å². The lowest BCUT2D eigenvalue weighted by Gasteiger charge is -2.30. The first-order valence-electron chi connectivity index (χ1n) is 5.97. The summed E-state index contributed by atoms with van der Waals surface area (Å²) in [5, 5.41) is 0. The second-order valence-corrected chi connectivity index (χ2v) is 5.33. The largest absolute Gasteiger partial charge is 0.469 e. The van der Waals surface area contributed by atoms with Gasteiger partial charge in [-0.2, -0.15) is 0 Å². The van der Waals surface area contributed by atoms with E-state index in [0.29, 0.717) is 11.1 Å². The zero-order chi connectivity index (χ0) is 15.0. The maximum atomic E-state index is 12.3. The number of methoxy groups -OCH3 is 1. The van der Waals surface area contributed by atoms with E-state index in [1.807, 2.05) is 0 Å². The number of carbonyl (C=O) groups is 3. The number of hydrogen-bond donors (Lipinski definition) is 1. The van der Waals surface area contributed by atoms with Crippen molar-refractivity contribution in [2.45, 2.75) is 34.1 Å². The summed E-state index contributed by atoms with van der Waals surface area (Å²) < 4.78 is 4.62. The highest BCUT2D eigenvalue weighted by Crippen LogP contribution is 2.37. The number of carbonyl (C=O) groups excluding carboxylic acids is 3. The summed E-state index contributed by atoms with van der Waals surface area (Å²) in [6, 6.07) is 0. The minimum Gasteiger partial charge on any atom is -0.469 e. The van der Waals surface area contributed by atoms with E-state index in [9.17, 15) is 14.4 Å². The van der Waals surface area contributed by atoms with Crippen molar-refractivity contribution in [1.29, 1.82) is 0 Å². The summed E-state index contributed by atoms with van der Waals surface area (Å²) >= 11 is 0. The fourth-order valence-electron chi connectivity index (χ4n) is 2.33. The van der Waals surface area contributed by atoms with Crippen LogP contribution in [-0.2, 0) is 19.1 Å². The number of ketones is 2. The average Bonchev–Trinajstić information content (AvgIpc) is 2.33. The smallest absolute Gasteiger partial charge is 0.306 e. The zero-order valence-electron chi connectivity index (χ0n) is 11.9. The maximum absolute atomic E-state index is 12.3. The highest BCUT2D eigenvalue weighted by atomic mass is 16.5. The summed E-state index contributed by atoms with van der Waals surface area (Å²) in [5.41, 5.74) is 5.76. The van der Waals surface area contributed by atoms with Crippen molar-refractivity contribution in [2.75, 3.05) is 7.11 Å². The molecular formula is C14H19NO4. The van der Waals surface area contributed by atoms with Crippen LogP contribution in [0, 0.1) is 5.41 Å². The third-order valence-electron chi connectivity index (χ3n) is 3.42. The van der Waals surface area contributed by atoms with Crippen LogP contribution < -0.4 is 5.73 Å². The van der Waals surface area contributed by atoms with Crippen molar-refractivity contribution in [1.82, 2.24) is 0 Å².